The highest BCUT2D eigenvalue weighted by Crippen LogP contribution is 2.36. The maximum absolute atomic E-state index is 13.0. The lowest BCUT2D eigenvalue weighted by Crippen LogP contribution is -2.33. The van der Waals surface area contributed by atoms with E-state index in [2.05, 4.69) is 0 Å². The summed E-state index contributed by atoms with van der Waals surface area (Å²) in [7, 11) is 1.50. The molecule has 0 bridgehead atoms. The molecule has 0 unspecified atom stereocenters. The van der Waals surface area contributed by atoms with E-state index in [-0.39, 0.29) is 11.5 Å². The molecule has 0 aliphatic rings. The van der Waals surface area contributed by atoms with E-state index in [9.17, 15) is 9.90 Å². The molecule has 0 aliphatic carbocycles. The maximum Gasteiger partial charge on any atom is 0.168 e. The molecule has 28 heavy (non-hydrogen) atoms. The fraction of sp³-hybridized carbons (Fsp3) is 0.167. The van der Waals surface area contributed by atoms with Crippen molar-refractivity contribution in [2.45, 2.75) is 19.4 Å². The number of aryl methyl sites for hydroxylation is 1. The number of phenolic OH excluding ortho intramolecular Hbond substituents is 1. The molecule has 0 atom stereocenters. The number of ketones is 1. The molecule has 0 saturated carbocycles. The molecule has 0 amide bonds. The van der Waals surface area contributed by atoms with E-state index in [0.29, 0.717) is 11.3 Å². The Hall–Kier alpha value is -3.40. The first-order chi connectivity index (χ1) is 13.5. The first-order valence-corrected chi connectivity index (χ1v) is 9.04. The summed E-state index contributed by atoms with van der Waals surface area (Å²) in [6.07, 6.45) is 1.55. The third-order valence-electron chi connectivity index (χ3n) is 4.76. The zero-order valence-electron chi connectivity index (χ0n) is 16.2. The van der Waals surface area contributed by atoms with Crippen LogP contribution < -0.4 is 4.74 Å². The molecule has 0 spiro atoms. The molecular weight excluding hydrogens is 350 g/mol. The third kappa shape index (κ3) is 3.54. The summed E-state index contributed by atoms with van der Waals surface area (Å²) in [5, 5.41) is 10.5. The quantitative estimate of drug-likeness (QED) is 0.639. The maximum atomic E-state index is 13.0. The Morgan fingerprint density at radius 2 is 1.54 bits per heavy atom. The van der Waals surface area contributed by atoms with Crippen molar-refractivity contribution in [1.82, 2.24) is 0 Å². The summed E-state index contributed by atoms with van der Waals surface area (Å²) in [5.41, 5.74) is 1.75. The molecule has 0 radical (unpaired) electrons. The predicted molar refractivity (Wildman–Crippen MR) is 111 cm³/mol. The second-order valence-corrected chi connectivity index (χ2v) is 6.66. The molecule has 4 nitrogen and oxygen atoms in total. The molecule has 4 heteroatoms. The molecular formula is C24H23NO3. The van der Waals surface area contributed by atoms with Crippen molar-refractivity contribution in [3.63, 3.8) is 0 Å². The van der Waals surface area contributed by atoms with Gasteiger partial charge in [-0.25, -0.2) is 0 Å². The lowest BCUT2D eigenvalue weighted by atomic mass is 9.80. The topological polar surface area (TPSA) is 58.9 Å². The smallest absolute Gasteiger partial charge is 0.168 e. The highest BCUT2D eigenvalue weighted by molar-refractivity contribution is 5.95. The van der Waals surface area contributed by atoms with Gasteiger partial charge in [-0.15, -0.1) is 0 Å². The van der Waals surface area contributed by atoms with Crippen LogP contribution >= 0.6 is 0 Å². The van der Waals surface area contributed by atoms with Crippen LogP contribution in [0.4, 0.5) is 0 Å². The third-order valence-corrected chi connectivity index (χ3v) is 4.76. The average molecular weight is 373 g/mol. The molecule has 0 aliphatic heterocycles. The van der Waals surface area contributed by atoms with Gasteiger partial charge in [0, 0.05) is 11.8 Å². The van der Waals surface area contributed by atoms with Gasteiger partial charge < -0.3 is 9.84 Å². The number of phenols is 1. The van der Waals surface area contributed by atoms with Gasteiger partial charge in [-0.3, -0.25) is 9.79 Å². The molecule has 0 fully saturated rings. The van der Waals surface area contributed by atoms with Crippen LogP contribution in [0.2, 0.25) is 0 Å². The fourth-order valence-electron chi connectivity index (χ4n) is 3.36. The van der Waals surface area contributed by atoms with Crippen LogP contribution in [0, 0.1) is 6.92 Å². The lowest BCUT2D eigenvalue weighted by Gasteiger charge is -2.28. The van der Waals surface area contributed by atoms with Crippen LogP contribution in [-0.4, -0.2) is 24.2 Å². The number of aliphatic imine (C=N–C) groups is 1. The van der Waals surface area contributed by atoms with Gasteiger partial charge in [0.1, 0.15) is 0 Å². The number of benzene rings is 3. The van der Waals surface area contributed by atoms with Crippen LogP contribution in [0.15, 0.2) is 77.8 Å². The zero-order valence-corrected chi connectivity index (χ0v) is 16.2. The Morgan fingerprint density at radius 3 is 2.00 bits per heavy atom. The van der Waals surface area contributed by atoms with Crippen LogP contribution in [0.1, 0.15) is 29.2 Å². The number of nitrogens with zero attached hydrogens (tertiary/aromatic N) is 1. The van der Waals surface area contributed by atoms with E-state index in [1.54, 1.807) is 12.3 Å². The van der Waals surface area contributed by atoms with Crippen molar-refractivity contribution >= 4 is 12.0 Å². The van der Waals surface area contributed by atoms with E-state index in [1.165, 1.54) is 14.0 Å². The monoisotopic (exact) mass is 373 g/mol. The zero-order chi connectivity index (χ0) is 20.1. The lowest BCUT2D eigenvalue weighted by molar-refractivity contribution is -0.120. The van der Waals surface area contributed by atoms with Crippen molar-refractivity contribution in [1.29, 1.82) is 0 Å². The van der Waals surface area contributed by atoms with Gasteiger partial charge >= 0.3 is 0 Å². The number of carbonyl (C=O) groups is 1. The minimum absolute atomic E-state index is 0.00424. The van der Waals surface area contributed by atoms with Crippen molar-refractivity contribution in [2.24, 2.45) is 4.99 Å². The number of methoxy groups -OCH3 is 1. The Morgan fingerprint density at radius 1 is 1.00 bits per heavy atom. The minimum atomic E-state index is -1.20. The molecule has 3 aromatic rings. The summed E-state index contributed by atoms with van der Waals surface area (Å²) in [6, 6.07) is 22.5. The van der Waals surface area contributed by atoms with Gasteiger partial charge in [0.2, 0.25) is 0 Å². The van der Waals surface area contributed by atoms with Crippen LogP contribution in [0.5, 0.6) is 11.5 Å². The Bertz CT molecular complexity index is 956. The predicted octanol–water partition coefficient (Wildman–Crippen LogP) is 4.66. The molecule has 1 N–H and O–H groups in total. The summed E-state index contributed by atoms with van der Waals surface area (Å²) >= 11 is 0. The molecule has 142 valence electrons. The highest BCUT2D eigenvalue weighted by atomic mass is 16.5. The first-order valence-electron chi connectivity index (χ1n) is 9.04. The summed E-state index contributed by atoms with van der Waals surface area (Å²) in [6.45, 7) is 3.44. The minimum Gasteiger partial charge on any atom is -0.504 e. The van der Waals surface area contributed by atoms with Gasteiger partial charge in [0.05, 0.1) is 7.11 Å². The summed E-state index contributed by atoms with van der Waals surface area (Å²) in [4.78, 5) is 17.7. The average Bonchev–Trinajstić information content (AvgIpc) is 2.72. The van der Waals surface area contributed by atoms with Crippen molar-refractivity contribution in [3.05, 3.63) is 95.1 Å². The molecule has 0 saturated heterocycles. The van der Waals surface area contributed by atoms with Gasteiger partial charge in [-0.05, 0) is 42.7 Å². The number of carbonyl (C=O) groups excluding carboxylic acids is 1. The number of hydrogen-bond acceptors (Lipinski definition) is 4. The Kier molecular flexibility index (Phi) is 5.59. The number of ether oxygens (including phenoxy) is 1. The van der Waals surface area contributed by atoms with Gasteiger partial charge in [-0.1, -0.05) is 60.7 Å². The number of rotatable bonds is 6. The highest BCUT2D eigenvalue weighted by Gasteiger charge is 2.38. The van der Waals surface area contributed by atoms with Crippen molar-refractivity contribution in [3.8, 4) is 11.5 Å². The van der Waals surface area contributed by atoms with Gasteiger partial charge in [0.15, 0.2) is 22.8 Å². The molecule has 3 rings (SSSR count). The van der Waals surface area contributed by atoms with E-state index in [4.69, 9.17) is 9.73 Å². The van der Waals surface area contributed by atoms with Crippen LogP contribution in [-0.2, 0) is 10.3 Å². The van der Waals surface area contributed by atoms with Gasteiger partial charge in [0.25, 0.3) is 0 Å². The number of aromatic hydroxyl groups is 1. The van der Waals surface area contributed by atoms with Crippen LogP contribution in [0.3, 0.4) is 0 Å². The Balaban J connectivity index is 2.23. The largest absolute Gasteiger partial charge is 0.504 e. The van der Waals surface area contributed by atoms with E-state index in [0.717, 1.165) is 16.7 Å². The summed E-state index contributed by atoms with van der Waals surface area (Å²) in [5.74, 6) is 0.255. The summed E-state index contributed by atoms with van der Waals surface area (Å²) < 4.78 is 5.24. The normalized spacial score (nSPS) is 11.5. The van der Waals surface area contributed by atoms with Crippen molar-refractivity contribution < 1.29 is 14.6 Å². The second-order valence-electron chi connectivity index (χ2n) is 6.66. The van der Waals surface area contributed by atoms with E-state index >= 15 is 0 Å². The standard InChI is InChI=1S/C24H23NO3/c1-17-14-19(23(27)22(15-17)28-3)16-25-24(18(2)26,20-10-6-4-7-11-20)21-12-8-5-9-13-21/h4-16,27H,1-3H3/b25-16+. The number of Topliss-reactive ketones (excluding diaryl/α,β-unsaturated/α-hetero) is 1. The molecule has 3 aromatic carbocycles. The van der Waals surface area contributed by atoms with Gasteiger partial charge in [-0.2, -0.15) is 0 Å². The molecule has 0 aromatic heterocycles. The number of hydrogen-bond donors (Lipinski definition) is 1. The van der Waals surface area contributed by atoms with Crippen LogP contribution in [0.25, 0.3) is 0 Å². The first kappa shape index (κ1) is 19.4. The van der Waals surface area contributed by atoms with Crippen molar-refractivity contribution in [2.75, 3.05) is 7.11 Å². The SMILES string of the molecule is COc1cc(C)cc(/C=N/C(C(C)=O)(c2ccccc2)c2ccccc2)c1O. The fourth-order valence-corrected chi connectivity index (χ4v) is 3.36. The van der Waals surface area contributed by atoms with E-state index in [1.807, 2.05) is 73.7 Å². The Labute approximate surface area is 165 Å². The second kappa shape index (κ2) is 8.09. The molecule has 0 heterocycles. The van der Waals surface area contributed by atoms with E-state index < -0.39 is 5.54 Å².